The Labute approximate surface area is 126 Å². The molecule has 1 aliphatic carbocycles. The summed E-state index contributed by atoms with van der Waals surface area (Å²) < 4.78 is 5.54. The van der Waals surface area contributed by atoms with Crippen molar-refractivity contribution < 1.29 is 9.53 Å². The first-order valence-electron chi connectivity index (χ1n) is 7.64. The Morgan fingerprint density at radius 1 is 1.19 bits per heavy atom. The molecule has 4 nitrogen and oxygen atoms in total. The van der Waals surface area contributed by atoms with E-state index in [1.165, 1.54) is 0 Å². The molecule has 1 fully saturated rings. The second-order valence-corrected chi connectivity index (χ2v) is 5.53. The number of nitrogens with one attached hydrogen (secondary N) is 1. The fraction of sp³-hybridized carbons (Fsp3) is 0.529. The van der Waals surface area contributed by atoms with Crippen molar-refractivity contribution in [2.45, 2.75) is 38.5 Å². The van der Waals surface area contributed by atoms with Crippen LogP contribution in [0.4, 0.5) is 0 Å². The van der Waals surface area contributed by atoms with Crippen molar-refractivity contribution in [1.82, 2.24) is 5.32 Å². The van der Waals surface area contributed by atoms with Crippen molar-refractivity contribution in [3.8, 4) is 11.8 Å². The number of carbonyl (C=O) groups is 1. The number of para-hydroxylation sites is 1. The fourth-order valence-electron chi connectivity index (χ4n) is 2.74. The molecule has 0 aliphatic heterocycles. The molecule has 0 aromatic heterocycles. The van der Waals surface area contributed by atoms with Crippen LogP contribution in [0.1, 0.15) is 38.5 Å². The van der Waals surface area contributed by atoms with E-state index in [0.29, 0.717) is 26.0 Å². The van der Waals surface area contributed by atoms with Crippen LogP contribution in [0.3, 0.4) is 0 Å². The van der Waals surface area contributed by atoms with Crippen molar-refractivity contribution >= 4 is 5.91 Å². The first-order chi connectivity index (χ1) is 10.3. The lowest BCUT2D eigenvalue weighted by molar-refractivity contribution is -0.128. The van der Waals surface area contributed by atoms with Crippen LogP contribution >= 0.6 is 0 Å². The molecule has 0 spiro atoms. The van der Waals surface area contributed by atoms with Gasteiger partial charge >= 0.3 is 0 Å². The summed E-state index contributed by atoms with van der Waals surface area (Å²) in [6.45, 7) is 0.842. The Bertz CT molecular complexity index is 485. The van der Waals surface area contributed by atoms with E-state index < -0.39 is 5.41 Å². The van der Waals surface area contributed by atoms with E-state index in [2.05, 4.69) is 11.4 Å². The Morgan fingerprint density at radius 2 is 1.86 bits per heavy atom. The van der Waals surface area contributed by atoms with Crippen LogP contribution in [0.25, 0.3) is 0 Å². The number of amides is 1. The molecule has 1 saturated carbocycles. The molecule has 1 aromatic rings. The highest BCUT2D eigenvalue weighted by Crippen LogP contribution is 2.34. The summed E-state index contributed by atoms with van der Waals surface area (Å²) in [4.78, 5) is 12.3. The molecule has 2 rings (SSSR count). The van der Waals surface area contributed by atoms with Crippen molar-refractivity contribution in [2.24, 2.45) is 5.41 Å². The number of rotatable bonds is 5. The summed E-state index contributed by atoms with van der Waals surface area (Å²) in [6, 6.07) is 11.8. The van der Waals surface area contributed by atoms with Crippen LogP contribution in [-0.2, 0) is 4.79 Å². The maximum Gasteiger partial charge on any atom is 0.240 e. The van der Waals surface area contributed by atoms with Gasteiger partial charge in [0.15, 0.2) is 0 Å². The minimum atomic E-state index is -0.830. The number of benzene rings is 1. The van der Waals surface area contributed by atoms with Gasteiger partial charge in [0.2, 0.25) is 5.91 Å². The van der Waals surface area contributed by atoms with E-state index in [1.54, 1.807) is 0 Å². The van der Waals surface area contributed by atoms with E-state index in [1.807, 2.05) is 30.3 Å². The molecule has 0 atom stereocenters. The minimum Gasteiger partial charge on any atom is -0.492 e. The largest absolute Gasteiger partial charge is 0.492 e. The van der Waals surface area contributed by atoms with Crippen LogP contribution in [0.5, 0.6) is 5.75 Å². The molecular weight excluding hydrogens is 264 g/mol. The van der Waals surface area contributed by atoms with Crippen LogP contribution in [0.2, 0.25) is 0 Å². The summed E-state index contributed by atoms with van der Waals surface area (Å²) in [7, 11) is 0. The molecule has 1 aliphatic rings. The molecule has 21 heavy (non-hydrogen) atoms. The van der Waals surface area contributed by atoms with Crippen LogP contribution in [0, 0.1) is 16.7 Å². The molecule has 0 radical (unpaired) electrons. The van der Waals surface area contributed by atoms with E-state index in [4.69, 9.17) is 4.74 Å². The molecule has 1 aromatic carbocycles. The van der Waals surface area contributed by atoms with Crippen molar-refractivity contribution in [3.05, 3.63) is 30.3 Å². The van der Waals surface area contributed by atoms with Crippen LogP contribution < -0.4 is 10.1 Å². The highest BCUT2D eigenvalue weighted by molar-refractivity contribution is 5.85. The highest BCUT2D eigenvalue weighted by Gasteiger charge is 2.38. The van der Waals surface area contributed by atoms with Crippen molar-refractivity contribution in [1.29, 1.82) is 5.26 Å². The zero-order valence-electron chi connectivity index (χ0n) is 12.3. The van der Waals surface area contributed by atoms with Gasteiger partial charge in [0, 0.05) is 0 Å². The van der Waals surface area contributed by atoms with Gasteiger partial charge in [-0.2, -0.15) is 5.26 Å². The van der Waals surface area contributed by atoms with Gasteiger partial charge in [0.25, 0.3) is 0 Å². The zero-order valence-corrected chi connectivity index (χ0v) is 12.3. The summed E-state index contributed by atoms with van der Waals surface area (Å²) in [5, 5.41) is 12.3. The fourth-order valence-corrected chi connectivity index (χ4v) is 2.74. The maximum absolute atomic E-state index is 12.3. The van der Waals surface area contributed by atoms with Gasteiger partial charge in [0.05, 0.1) is 12.6 Å². The minimum absolute atomic E-state index is 0.136. The number of nitrogens with zero attached hydrogens (tertiary/aromatic N) is 1. The molecule has 0 heterocycles. The van der Waals surface area contributed by atoms with Crippen molar-refractivity contribution in [2.75, 3.05) is 13.2 Å². The van der Waals surface area contributed by atoms with E-state index in [9.17, 15) is 10.1 Å². The van der Waals surface area contributed by atoms with Gasteiger partial charge in [-0.1, -0.05) is 43.9 Å². The first-order valence-corrected chi connectivity index (χ1v) is 7.64. The molecule has 4 heteroatoms. The quantitative estimate of drug-likeness (QED) is 0.668. The number of carbonyl (C=O) groups excluding carboxylic acids is 1. The Hall–Kier alpha value is -2.02. The average Bonchev–Trinajstić information content (AvgIpc) is 2.79. The number of hydrogen-bond acceptors (Lipinski definition) is 3. The van der Waals surface area contributed by atoms with Crippen molar-refractivity contribution in [3.63, 3.8) is 0 Å². The van der Waals surface area contributed by atoms with E-state index in [-0.39, 0.29) is 5.91 Å². The Kier molecular flexibility index (Phi) is 5.62. The lowest BCUT2D eigenvalue weighted by atomic mass is 9.81. The summed E-state index contributed by atoms with van der Waals surface area (Å²) in [5.74, 6) is 0.653. The lowest BCUT2D eigenvalue weighted by Gasteiger charge is -2.23. The van der Waals surface area contributed by atoms with Gasteiger partial charge < -0.3 is 10.1 Å². The van der Waals surface area contributed by atoms with Gasteiger partial charge in [-0.15, -0.1) is 0 Å². The maximum atomic E-state index is 12.3. The zero-order chi connectivity index (χ0) is 15.0. The number of ether oxygens (including phenoxy) is 1. The Balaban J connectivity index is 1.79. The van der Waals surface area contributed by atoms with Gasteiger partial charge in [-0.05, 0) is 25.0 Å². The molecule has 1 amide bonds. The van der Waals surface area contributed by atoms with Gasteiger partial charge in [0.1, 0.15) is 17.8 Å². The second-order valence-electron chi connectivity index (χ2n) is 5.53. The molecule has 0 bridgehead atoms. The van der Waals surface area contributed by atoms with Crippen LogP contribution in [0.15, 0.2) is 30.3 Å². The lowest BCUT2D eigenvalue weighted by Crippen LogP contribution is -2.41. The molecule has 0 saturated heterocycles. The number of hydrogen-bond donors (Lipinski definition) is 1. The van der Waals surface area contributed by atoms with Gasteiger partial charge in [-0.3, -0.25) is 4.79 Å². The summed E-state index contributed by atoms with van der Waals surface area (Å²) >= 11 is 0. The molecule has 112 valence electrons. The third kappa shape index (κ3) is 4.22. The average molecular weight is 286 g/mol. The van der Waals surface area contributed by atoms with Crippen LogP contribution in [-0.4, -0.2) is 19.1 Å². The summed E-state index contributed by atoms with van der Waals surface area (Å²) in [6.07, 6.45) is 5.51. The second kappa shape index (κ2) is 7.68. The van der Waals surface area contributed by atoms with Gasteiger partial charge in [-0.25, -0.2) is 0 Å². The topological polar surface area (TPSA) is 62.1 Å². The predicted molar refractivity (Wildman–Crippen MR) is 80.7 cm³/mol. The number of nitriles is 1. The highest BCUT2D eigenvalue weighted by atomic mass is 16.5. The first kappa shape index (κ1) is 15.4. The third-order valence-corrected chi connectivity index (χ3v) is 4.01. The SMILES string of the molecule is N#CC1(C(=O)NCCOc2ccccc2)CCCCCC1. The normalized spacial score (nSPS) is 17.3. The molecule has 0 unspecified atom stereocenters. The smallest absolute Gasteiger partial charge is 0.240 e. The summed E-state index contributed by atoms with van der Waals surface area (Å²) in [5.41, 5.74) is -0.830. The third-order valence-electron chi connectivity index (χ3n) is 4.01. The standard InChI is InChI=1S/C17H22N2O2/c18-14-17(10-6-1-2-7-11-17)16(20)19-12-13-21-15-8-4-3-5-9-15/h3-5,8-9H,1-2,6-7,10-13H2,(H,19,20). The van der Waals surface area contributed by atoms with E-state index >= 15 is 0 Å². The molecular formula is C17H22N2O2. The Morgan fingerprint density at radius 3 is 2.48 bits per heavy atom. The molecule has 1 N–H and O–H groups in total. The van der Waals surface area contributed by atoms with E-state index in [0.717, 1.165) is 31.4 Å². The predicted octanol–water partition coefficient (Wildman–Crippen LogP) is 3.05. The monoisotopic (exact) mass is 286 g/mol.